The molecule has 0 bridgehead atoms. The van der Waals surface area contributed by atoms with Crippen LogP contribution in [-0.2, 0) is 6.54 Å². The van der Waals surface area contributed by atoms with Crippen LogP contribution in [0, 0.1) is 0 Å². The molecule has 20 heavy (non-hydrogen) atoms. The number of hydrogen-bond donors (Lipinski definition) is 1. The monoisotopic (exact) mass is 262 g/mol. The molecule has 0 fully saturated rings. The fourth-order valence-corrected chi connectivity index (χ4v) is 3.36. The van der Waals surface area contributed by atoms with Crippen LogP contribution in [0.1, 0.15) is 22.6 Å². The number of H-pyrrole nitrogens is 1. The van der Waals surface area contributed by atoms with Crippen LogP contribution in [0.4, 0.5) is 0 Å². The van der Waals surface area contributed by atoms with Crippen molar-refractivity contribution in [1.29, 1.82) is 0 Å². The number of rotatable bonds is 1. The van der Waals surface area contributed by atoms with Crippen molar-refractivity contribution in [3.63, 3.8) is 0 Å². The number of nitrogens with zero attached hydrogens (tertiary/aromatic N) is 1. The summed E-state index contributed by atoms with van der Waals surface area (Å²) in [5, 5.41) is 1.30. The predicted molar refractivity (Wildman–Crippen MR) is 82.9 cm³/mol. The number of likely N-dealkylation sites (N-methyl/N-ethyl adjacent to an activating group) is 1. The van der Waals surface area contributed by atoms with Crippen LogP contribution in [0.5, 0.6) is 0 Å². The summed E-state index contributed by atoms with van der Waals surface area (Å²) in [6.45, 7) is 2.14. The molecular weight excluding hydrogens is 244 g/mol. The SMILES string of the molecule is CN1Cc2ccccc2[C@@H](c2ccc3[nH]ccc3c2)C1. The molecule has 0 aliphatic carbocycles. The van der Waals surface area contributed by atoms with Gasteiger partial charge in [-0.25, -0.2) is 0 Å². The van der Waals surface area contributed by atoms with E-state index >= 15 is 0 Å². The van der Waals surface area contributed by atoms with Gasteiger partial charge in [-0.15, -0.1) is 0 Å². The zero-order chi connectivity index (χ0) is 13.5. The van der Waals surface area contributed by atoms with E-state index in [1.807, 2.05) is 6.20 Å². The van der Waals surface area contributed by atoms with Crippen molar-refractivity contribution in [2.45, 2.75) is 12.5 Å². The molecule has 0 saturated heterocycles. The summed E-state index contributed by atoms with van der Waals surface area (Å²) < 4.78 is 0. The lowest BCUT2D eigenvalue weighted by Crippen LogP contribution is -2.30. The summed E-state index contributed by atoms with van der Waals surface area (Å²) in [5.41, 5.74) is 5.57. The van der Waals surface area contributed by atoms with Crippen molar-refractivity contribution in [1.82, 2.24) is 9.88 Å². The van der Waals surface area contributed by atoms with Gasteiger partial charge in [0.2, 0.25) is 0 Å². The maximum atomic E-state index is 3.27. The number of fused-ring (bicyclic) bond motifs is 2. The molecule has 2 heteroatoms. The lowest BCUT2D eigenvalue weighted by Gasteiger charge is -2.32. The highest BCUT2D eigenvalue weighted by atomic mass is 15.1. The van der Waals surface area contributed by atoms with Gasteiger partial charge in [0.1, 0.15) is 0 Å². The van der Waals surface area contributed by atoms with Crippen LogP contribution >= 0.6 is 0 Å². The first kappa shape index (κ1) is 11.7. The summed E-state index contributed by atoms with van der Waals surface area (Å²) in [4.78, 5) is 5.68. The van der Waals surface area contributed by atoms with E-state index in [0.29, 0.717) is 5.92 Å². The third-order valence-corrected chi connectivity index (χ3v) is 4.34. The van der Waals surface area contributed by atoms with Crippen LogP contribution < -0.4 is 0 Å². The molecule has 3 aromatic rings. The van der Waals surface area contributed by atoms with Gasteiger partial charge in [0.15, 0.2) is 0 Å². The minimum atomic E-state index is 0.476. The molecule has 0 amide bonds. The molecule has 1 aliphatic heterocycles. The largest absolute Gasteiger partial charge is 0.361 e. The number of hydrogen-bond acceptors (Lipinski definition) is 1. The van der Waals surface area contributed by atoms with Crippen molar-refractivity contribution in [3.8, 4) is 0 Å². The molecular formula is C18H18N2. The Hall–Kier alpha value is -2.06. The Labute approximate surface area is 119 Å². The Balaban J connectivity index is 1.84. The third-order valence-electron chi connectivity index (χ3n) is 4.34. The summed E-state index contributed by atoms with van der Waals surface area (Å²) in [6.07, 6.45) is 2.01. The van der Waals surface area contributed by atoms with Gasteiger partial charge in [-0.05, 0) is 47.3 Å². The highest BCUT2D eigenvalue weighted by molar-refractivity contribution is 5.80. The smallest absolute Gasteiger partial charge is 0.0454 e. The fraction of sp³-hybridized carbons (Fsp3) is 0.222. The Morgan fingerprint density at radius 3 is 2.95 bits per heavy atom. The number of benzene rings is 2. The van der Waals surface area contributed by atoms with E-state index in [1.54, 1.807) is 0 Å². The predicted octanol–water partition coefficient (Wildman–Crippen LogP) is 3.75. The highest BCUT2D eigenvalue weighted by Crippen LogP contribution is 2.33. The average Bonchev–Trinajstić information content (AvgIpc) is 2.93. The summed E-state index contributed by atoms with van der Waals surface area (Å²) in [7, 11) is 2.21. The van der Waals surface area contributed by atoms with E-state index in [9.17, 15) is 0 Å². The molecule has 0 unspecified atom stereocenters. The Kier molecular flexibility index (Phi) is 2.64. The van der Waals surface area contributed by atoms with Gasteiger partial charge in [0.05, 0.1) is 0 Å². The maximum Gasteiger partial charge on any atom is 0.0454 e. The van der Waals surface area contributed by atoms with Crippen molar-refractivity contribution in [3.05, 3.63) is 71.4 Å². The van der Waals surface area contributed by atoms with Crippen molar-refractivity contribution < 1.29 is 0 Å². The van der Waals surface area contributed by atoms with Crippen LogP contribution in [0.25, 0.3) is 10.9 Å². The lowest BCUT2D eigenvalue weighted by molar-refractivity contribution is 0.295. The number of nitrogens with one attached hydrogen (secondary N) is 1. The Morgan fingerprint density at radius 1 is 1.10 bits per heavy atom. The molecule has 0 spiro atoms. The van der Waals surface area contributed by atoms with Gasteiger partial charge in [-0.1, -0.05) is 30.3 Å². The number of aromatic amines is 1. The average molecular weight is 262 g/mol. The molecule has 1 atom stereocenters. The highest BCUT2D eigenvalue weighted by Gasteiger charge is 2.24. The molecule has 4 rings (SSSR count). The lowest BCUT2D eigenvalue weighted by atomic mass is 9.84. The molecule has 1 aromatic heterocycles. The van der Waals surface area contributed by atoms with Crippen LogP contribution in [-0.4, -0.2) is 23.5 Å². The molecule has 2 heterocycles. The first-order valence-electron chi connectivity index (χ1n) is 7.14. The van der Waals surface area contributed by atoms with Crippen molar-refractivity contribution in [2.24, 2.45) is 0 Å². The van der Waals surface area contributed by atoms with E-state index in [2.05, 4.69) is 65.5 Å². The van der Waals surface area contributed by atoms with E-state index in [4.69, 9.17) is 0 Å². The maximum absolute atomic E-state index is 3.27. The second kappa shape index (κ2) is 4.50. The zero-order valence-electron chi connectivity index (χ0n) is 11.6. The molecule has 1 N–H and O–H groups in total. The molecule has 100 valence electrons. The third kappa shape index (κ3) is 1.84. The first-order chi connectivity index (χ1) is 9.81. The van der Waals surface area contributed by atoms with Crippen molar-refractivity contribution in [2.75, 3.05) is 13.6 Å². The second-order valence-corrected chi connectivity index (χ2v) is 5.77. The normalized spacial score (nSPS) is 19.1. The Morgan fingerprint density at radius 2 is 2.00 bits per heavy atom. The minimum absolute atomic E-state index is 0.476. The summed E-state index contributed by atoms with van der Waals surface area (Å²) in [6, 6.07) is 17.8. The second-order valence-electron chi connectivity index (χ2n) is 5.77. The van der Waals surface area contributed by atoms with Crippen LogP contribution in [0.15, 0.2) is 54.7 Å². The van der Waals surface area contributed by atoms with Crippen LogP contribution in [0.3, 0.4) is 0 Å². The van der Waals surface area contributed by atoms with E-state index in [1.165, 1.54) is 27.6 Å². The zero-order valence-corrected chi connectivity index (χ0v) is 11.6. The number of aromatic nitrogens is 1. The fourth-order valence-electron chi connectivity index (χ4n) is 3.36. The summed E-state index contributed by atoms with van der Waals surface area (Å²) >= 11 is 0. The van der Waals surface area contributed by atoms with Gasteiger partial charge in [-0.2, -0.15) is 0 Å². The van der Waals surface area contributed by atoms with Gasteiger partial charge >= 0.3 is 0 Å². The minimum Gasteiger partial charge on any atom is -0.361 e. The topological polar surface area (TPSA) is 19.0 Å². The summed E-state index contributed by atoms with van der Waals surface area (Å²) in [5.74, 6) is 0.476. The van der Waals surface area contributed by atoms with E-state index in [0.717, 1.165) is 13.1 Å². The van der Waals surface area contributed by atoms with Gasteiger partial charge < -0.3 is 9.88 Å². The van der Waals surface area contributed by atoms with E-state index in [-0.39, 0.29) is 0 Å². The van der Waals surface area contributed by atoms with Gasteiger partial charge in [-0.3, -0.25) is 0 Å². The first-order valence-corrected chi connectivity index (χ1v) is 7.14. The molecule has 0 saturated carbocycles. The van der Waals surface area contributed by atoms with Crippen molar-refractivity contribution >= 4 is 10.9 Å². The van der Waals surface area contributed by atoms with Crippen LogP contribution in [0.2, 0.25) is 0 Å². The van der Waals surface area contributed by atoms with Gasteiger partial charge in [0.25, 0.3) is 0 Å². The molecule has 0 radical (unpaired) electrons. The Bertz CT molecular complexity index is 757. The van der Waals surface area contributed by atoms with E-state index < -0.39 is 0 Å². The molecule has 2 nitrogen and oxygen atoms in total. The standard InChI is InChI=1S/C18H18N2/c1-20-11-15-4-2-3-5-16(15)17(12-20)13-6-7-18-14(10-13)8-9-19-18/h2-10,17,19H,11-12H2,1H3/t17-/m1/s1. The quantitative estimate of drug-likeness (QED) is 0.707. The molecule has 1 aliphatic rings. The molecule has 2 aromatic carbocycles. The van der Waals surface area contributed by atoms with Gasteiger partial charge in [0, 0.05) is 30.7 Å².